The molecule has 196 valence electrons. The summed E-state index contributed by atoms with van der Waals surface area (Å²) >= 11 is 1.85. The number of hydrogen-bond donors (Lipinski definition) is 1. The van der Waals surface area contributed by atoms with Crippen LogP contribution < -0.4 is 10.2 Å². The summed E-state index contributed by atoms with van der Waals surface area (Å²) < 4.78 is 2.00. The van der Waals surface area contributed by atoms with Crippen LogP contribution in [-0.2, 0) is 20.0 Å². The fourth-order valence-electron chi connectivity index (χ4n) is 5.12. The van der Waals surface area contributed by atoms with Crippen LogP contribution in [0.1, 0.15) is 37.0 Å². The van der Waals surface area contributed by atoms with Gasteiger partial charge in [0.25, 0.3) is 11.8 Å². The number of amides is 2. The van der Waals surface area contributed by atoms with Gasteiger partial charge in [-0.1, -0.05) is 12.1 Å². The number of carbonyl (C=O) groups is 2. The first-order valence-electron chi connectivity index (χ1n) is 12.8. The smallest absolute Gasteiger partial charge is 0.261 e. The van der Waals surface area contributed by atoms with Crippen LogP contribution in [0.15, 0.2) is 35.7 Å². The van der Waals surface area contributed by atoms with Gasteiger partial charge in [0.05, 0.1) is 11.1 Å². The lowest BCUT2D eigenvalue weighted by atomic mass is 10.1. The van der Waals surface area contributed by atoms with E-state index in [1.54, 1.807) is 24.3 Å². The third-order valence-corrected chi connectivity index (χ3v) is 8.45. The van der Waals surface area contributed by atoms with Gasteiger partial charge in [-0.25, -0.2) is 4.98 Å². The summed E-state index contributed by atoms with van der Waals surface area (Å²) in [6.07, 6.45) is 1.10. The highest BCUT2D eigenvalue weighted by atomic mass is 32.1. The molecule has 2 aliphatic rings. The molecule has 38 heavy (non-hydrogen) atoms. The fourth-order valence-corrected chi connectivity index (χ4v) is 6.01. The molecular formula is C27H30N8O2S. The lowest BCUT2D eigenvalue weighted by Gasteiger charge is -2.27. The number of carbonyl (C=O) groups excluding carboxylic acids is 2. The van der Waals surface area contributed by atoms with Crippen molar-refractivity contribution in [1.29, 1.82) is 0 Å². The number of hydrogen-bond acceptors (Lipinski definition) is 9. The molecule has 0 fully saturated rings. The second kappa shape index (κ2) is 9.80. The Morgan fingerprint density at radius 2 is 1.82 bits per heavy atom. The Kier molecular flexibility index (Phi) is 6.32. The molecular weight excluding hydrogens is 500 g/mol. The van der Waals surface area contributed by atoms with Crippen LogP contribution in [0.3, 0.4) is 0 Å². The van der Waals surface area contributed by atoms with E-state index in [0.29, 0.717) is 29.3 Å². The fraction of sp³-hybridized carbons (Fsp3) is 0.370. The van der Waals surface area contributed by atoms with Gasteiger partial charge >= 0.3 is 0 Å². The molecule has 0 aliphatic carbocycles. The van der Waals surface area contributed by atoms with Crippen LogP contribution in [0.4, 0.5) is 11.8 Å². The van der Waals surface area contributed by atoms with E-state index < -0.39 is 0 Å². The average molecular weight is 531 g/mol. The number of rotatable bonds is 8. The summed E-state index contributed by atoms with van der Waals surface area (Å²) in [6.45, 7) is 6.29. The van der Waals surface area contributed by atoms with Crippen LogP contribution in [-0.4, -0.2) is 80.9 Å². The van der Waals surface area contributed by atoms with Crippen LogP contribution in [0.5, 0.6) is 0 Å². The number of aryl methyl sites for hydroxylation is 2. The number of imidazole rings is 1. The highest BCUT2D eigenvalue weighted by molar-refractivity contribution is 7.10. The number of fused-ring (bicyclic) bond motifs is 3. The second-order valence-corrected chi connectivity index (χ2v) is 10.8. The Bertz CT molecular complexity index is 1510. The first-order valence-corrected chi connectivity index (χ1v) is 13.7. The van der Waals surface area contributed by atoms with Gasteiger partial charge in [0.1, 0.15) is 11.3 Å². The van der Waals surface area contributed by atoms with Gasteiger partial charge in [-0.05, 0) is 42.5 Å². The predicted octanol–water partition coefficient (Wildman–Crippen LogP) is 2.94. The van der Waals surface area contributed by atoms with Crippen molar-refractivity contribution >= 4 is 46.1 Å². The summed E-state index contributed by atoms with van der Waals surface area (Å²) in [5.74, 6) is 1.56. The minimum absolute atomic E-state index is 0.244. The molecule has 0 bridgehead atoms. The number of benzene rings is 1. The third kappa shape index (κ3) is 4.31. The van der Waals surface area contributed by atoms with Crippen molar-refractivity contribution in [3.8, 4) is 0 Å². The molecule has 0 saturated carbocycles. The molecule has 0 spiro atoms. The van der Waals surface area contributed by atoms with Crippen molar-refractivity contribution in [1.82, 2.24) is 29.3 Å². The number of nitrogens with zero attached hydrogens (tertiary/aromatic N) is 7. The zero-order valence-electron chi connectivity index (χ0n) is 21.8. The first-order chi connectivity index (χ1) is 18.4. The van der Waals surface area contributed by atoms with E-state index in [1.807, 2.05) is 41.8 Å². The molecule has 5 heterocycles. The van der Waals surface area contributed by atoms with E-state index in [-0.39, 0.29) is 18.4 Å². The lowest BCUT2D eigenvalue weighted by Crippen LogP contribution is -2.37. The van der Waals surface area contributed by atoms with Crippen LogP contribution in [0.25, 0.3) is 11.2 Å². The van der Waals surface area contributed by atoms with E-state index in [0.717, 1.165) is 49.8 Å². The quantitative estimate of drug-likeness (QED) is 0.347. The van der Waals surface area contributed by atoms with Gasteiger partial charge in [0, 0.05) is 58.2 Å². The summed E-state index contributed by atoms with van der Waals surface area (Å²) in [7, 11) is 3.83. The third-order valence-electron chi connectivity index (χ3n) is 7.43. The molecule has 2 amide bonds. The highest BCUT2D eigenvalue weighted by Crippen LogP contribution is 2.26. The number of aromatic nitrogens is 4. The SMILES string of the molecule is Cc1nc2nc(N(C)CCN3C(=O)c4ccccc4C3=O)nc(NCCN3CCc4sccc4C3)c2n1C. The summed E-state index contributed by atoms with van der Waals surface area (Å²) in [6, 6.07) is 9.17. The molecule has 1 aromatic carbocycles. The van der Waals surface area contributed by atoms with E-state index >= 15 is 0 Å². The molecule has 2 aliphatic heterocycles. The summed E-state index contributed by atoms with van der Waals surface area (Å²) in [5, 5.41) is 5.71. The zero-order valence-corrected chi connectivity index (χ0v) is 22.6. The van der Waals surface area contributed by atoms with Crippen molar-refractivity contribution < 1.29 is 9.59 Å². The minimum Gasteiger partial charge on any atom is -0.367 e. The molecule has 10 nitrogen and oxygen atoms in total. The molecule has 4 aromatic rings. The molecule has 0 saturated heterocycles. The molecule has 1 N–H and O–H groups in total. The van der Waals surface area contributed by atoms with E-state index in [4.69, 9.17) is 9.97 Å². The normalized spacial score (nSPS) is 15.3. The second-order valence-electron chi connectivity index (χ2n) is 9.81. The molecule has 0 atom stereocenters. The zero-order chi connectivity index (χ0) is 26.4. The number of likely N-dealkylation sites (N-methyl/N-ethyl adjacent to an activating group) is 1. The Morgan fingerprint density at radius 3 is 2.58 bits per heavy atom. The lowest BCUT2D eigenvalue weighted by molar-refractivity contribution is 0.0658. The van der Waals surface area contributed by atoms with Crippen molar-refractivity contribution in [2.45, 2.75) is 19.9 Å². The van der Waals surface area contributed by atoms with Crippen LogP contribution in [0.2, 0.25) is 0 Å². The molecule has 0 radical (unpaired) electrons. The van der Waals surface area contributed by atoms with Gasteiger partial charge in [-0.15, -0.1) is 11.3 Å². The van der Waals surface area contributed by atoms with Crippen LogP contribution in [0, 0.1) is 6.92 Å². The maximum Gasteiger partial charge on any atom is 0.261 e. The van der Waals surface area contributed by atoms with E-state index in [2.05, 4.69) is 26.6 Å². The predicted molar refractivity (Wildman–Crippen MR) is 148 cm³/mol. The Labute approximate surface area is 224 Å². The number of thiophene rings is 1. The van der Waals surface area contributed by atoms with Gasteiger partial charge in [-0.3, -0.25) is 19.4 Å². The van der Waals surface area contributed by atoms with Gasteiger partial charge in [0.2, 0.25) is 5.95 Å². The Balaban J connectivity index is 1.16. The van der Waals surface area contributed by atoms with Crippen LogP contribution >= 0.6 is 11.3 Å². The number of anilines is 2. The van der Waals surface area contributed by atoms with Crippen molar-refractivity contribution in [3.05, 3.63) is 63.1 Å². The van der Waals surface area contributed by atoms with Crippen molar-refractivity contribution in [2.24, 2.45) is 7.05 Å². The monoisotopic (exact) mass is 530 g/mol. The maximum absolute atomic E-state index is 12.8. The van der Waals surface area contributed by atoms with Gasteiger partial charge in [0.15, 0.2) is 11.5 Å². The number of nitrogens with one attached hydrogen (secondary N) is 1. The minimum atomic E-state index is -0.259. The summed E-state index contributed by atoms with van der Waals surface area (Å²) in [5.41, 5.74) is 3.83. The Hall–Kier alpha value is -3.83. The Morgan fingerprint density at radius 1 is 1.05 bits per heavy atom. The summed E-state index contributed by atoms with van der Waals surface area (Å²) in [4.78, 5) is 46.8. The standard InChI is InChI=1S/C27H30N8O2S/c1-17-29-24-22(33(17)3)23(28-10-12-34-11-8-21-18(16-34)9-15-38-21)30-27(31-24)32(2)13-14-35-25(36)19-6-4-5-7-20(19)26(35)37/h4-7,9,15H,8,10-14,16H2,1-3H3,(H,28,30,31). The topological polar surface area (TPSA) is 99.5 Å². The van der Waals surface area contributed by atoms with Gasteiger partial charge in [-0.2, -0.15) is 9.97 Å². The molecule has 3 aromatic heterocycles. The van der Waals surface area contributed by atoms with Gasteiger partial charge < -0.3 is 14.8 Å². The highest BCUT2D eigenvalue weighted by Gasteiger charge is 2.35. The molecule has 6 rings (SSSR count). The van der Waals surface area contributed by atoms with E-state index in [1.165, 1.54) is 15.3 Å². The maximum atomic E-state index is 12.8. The van der Waals surface area contributed by atoms with Crippen molar-refractivity contribution in [2.75, 3.05) is 50.0 Å². The van der Waals surface area contributed by atoms with E-state index in [9.17, 15) is 9.59 Å². The number of imide groups is 1. The largest absolute Gasteiger partial charge is 0.367 e. The first kappa shape index (κ1) is 24.5. The van der Waals surface area contributed by atoms with Crippen molar-refractivity contribution in [3.63, 3.8) is 0 Å². The average Bonchev–Trinajstić information content (AvgIpc) is 3.57. The molecule has 0 unspecified atom stereocenters. The molecule has 11 heteroatoms.